The van der Waals surface area contributed by atoms with E-state index in [1.165, 1.54) is 26.4 Å². The van der Waals surface area contributed by atoms with Gasteiger partial charge in [0, 0.05) is 13.1 Å². The Hall–Kier alpha value is -1.06. The zero-order valence-electron chi connectivity index (χ0n) is 12.1. The Morgan fingerprint density at radius 1 is 1.26 bits per heavy atom. The van der Waals surface area contributed by atoms with Gasteiger partial charge >= 0.3 is 5.97 Å². The molecular weight excluding hydrogens is 242 g/mol. The predicted octanol–water partition coefficient (Wildman–Crippen LogP) is 2.37. The van der Waals surface area contributed by atoms with Gasteiger partial charge in [-0.3, -0.25) is 9.59 Å². The number of rotatable bonds is 4. The molecule has 0 aromatic carbocycles. The first-order chi connectivity index (χ1) is 9.14. The van der Waals surface area contributed by atoms with Gasteiger partial charge in [-0.15, -0.1) is 0 Å². The van der Waals surface area contributed by atoms with Gasteiger partial charge in [-0.2, -0.15) is 0 Å². The highest BCUT2D eigenvalue weighted by Gasteiger charge is 2.59. The van der Waals surface area contributed by atoms with Crippen molar-refractivity contribution in [1.29, 1.82) is 0 Å². The lowest BCUT2D eigenvalue weighted by Gasteiger charge is -2.24. The highest BCUT2D eigenvalue weighted by atomic mass is 16.5. The van der Waals surface area contributed by atoms with Crippen LogP contribution in [0.5, 0.6) is 0 Å². The molecule has 1 atom stereocenters. The summed E-state index contributed by atoms with van der Waals surface area (Å²) in [5.41, 5.74) is -0.820. The molecule has 19 heavy (non-hydrogen) atoms. The van der Waals surface area contributed by atoms with Crippen molar-refractivity contribution >= 4 is 11.9 Å². The molecule has 1 saturated heterocycles. The van der Waals surface area contributed by atoms with E-state index in [1.807, 2.05) is 4.90 Å². The average molecular weight is 267 g/mol. The van der Waals surface area contributed by atoms with Crippen LogP contribution in [0, 0.1) is 11.3 Å². The number of hydrogen-bond donors (Lipinski definition) is 0. The lowest BCUT2D eigenvalue weighted by atomic mass is 9.96. The normalized spacial score (nSPS) is 25.6. The summed E-state index contributed by atoms with van der Waals surface area (Å²) >= 11 is 0. The van der Waals surface area contributed by atoms with Crippen molar-refractivity contribution in [2.75, 3.05) is 20.2 Å². The molecule has 1 heterocycles. The van der Waals surface area contributed by atoms with Crippen molar-refractivity contribution in [1.82, 2.24) is 4.90 Å². The minimum atomic E-state index is -0.820. The number of nitrogens with zero attached hydrogens (tertiary/aromatic N) is 1. The van der Waals surface area contributed by atoms with Gasteiger partial charge in [0.15, 0.2) is 0 Å². The maximum atomic E-state index is 12.5. The lowest BCUT2D eigenvalue weighted by molar-refractivity contribution is -0.156. The van der Waals surface area contributed by atoms with Gasteiger partial charge in [0.2, 0.25) is 5.91 Å². The molecule has 2 fully saturated rings. The van der Waals surface area contributed by atoms with Crippen molar-refractivity contribution < 1.29 is 14.3 Å². The van der Waals surface area contributed by atoms with Crippen molar-refractivity contribution in [3.05, 3.63) is 0 Å². The molecule has 0 bridgehead atoms. The summed E-state index contributed by atoms with van der Waals surface area (Å²) < 4.78 is 4.79. The van der Waals surface area contributed by atoms with E-state index in [-0.39, 0.29) is 11.9 Å². The van der Waals surface area contributed by atoms with Crippen LogP contribution in [0.1, 0.15) is 51.9 Å². The number of amides is 1. The second kappa shape index (κ2) is 5.93. The Kier molecular flexibility index (Phi) is 4.48. The topological polar surface area (TPSA) is 46.6 Å². The number of carbonyl (C=O) groups excluding carboxylic acids is 2. The summed E-state index contributed by atoms with van der Waals surface area (Å²) in [4.78, 5) is 26.2. The number of likely N-dealkylation sites (tertiary alicyclic amines) is 1. The summed E-state index contributed by atoms with van der Waals surface area (Å²) in [6.45, 7) is 3.82. The standard InChI is InChI=1S/C15H25NO3/c1-3-5-12-6-4-10-16(11-7-12)13(17)15(8-9-15)14(18)19-2/h12H,3-11H2,1-2H3/t12-/m0/s1. The number of ether oxygens (including phenoxy) is 1. The first-order valence-electron chi connectivity index (χ1n) is 7.52. The zero-order chi connectivity index (χ0) is 13.9. The van der Waals surface area contributed by atoms with Crippen molar-refractivity contribution in [2.45, 2.75) is 51.9 Å². The summed E-state index contributed by atoms with van der Waals surface area (Å²) in [7, 11) is 1.37. The van der Waals surface area contributed by atoms with Crippen LogP contribution in [-0.2, 0) is 14.3 Å². The van der Waals surface area contributed by atoms with Crippen LogP contribution in [-0.4, -0.2) is 37.0 Å². The fraction of sp³-hybridized carbons (Fsp3) is 0.867. The highest BCUT2D eigenvalue weighted by Crippen LogP contribution is 2.48. The quantitative estimate of drug-likeness (QED) is 0.580. The third-order valence-corrected chi connectivity index (χ3v) is 4.57. The summed E-state index contributed by atoms with van der Waals surface area (Å²) in [5, 5.41) is 0. The van der Waals surface area contributed by atoms with Crippen molar-refractivity contribution in [2.24, 2.45) is 11.3 Å². The molecule has 1 aliphatic heterocycles. The molecule has 0 spiro atoms. The molecule has 0 aromatic rings. The first kappa shape index (κ1) is 14.4. The Morgan fingerprint density at radius 3 is 2.58 bits per heavy atom. The Labute approximate surface area is 115 Å². The van der Waals surface area contributed by atoms with Gasteiger partial charge in [0.25, 0.3) is 0 Å². The molecule has 2 aliphatic rings. The molecule has 0 unspecified atom stereocenters. The van der Waals surface area contributed by atoms with E-state index in [9.17, 15) is 9.59 Å². The third-order valence-electron chi connectivity index (χ3n) is 4.57. The Balaban J connectivity index is 1.95. The van der Waals surface area contributed by atoms with Crippen LogP contribution >= 0.6 is 0 Å². The van der Waals surface area contributed by atoms with Gasteiger partial charge in [-0.25, -0.2) is 0 Å². The average Bonchev–Trinajstić information content (AvgIpc) is 3.22. The molecule has 1 saturated carbocycles. The van der Waals surface area contributed by atoms with Crippen LogP contribution in [0.3, 0.4) is 0 Å². The maximum Gasteiger partial charge on any atom is 0.321 e. The highest BCUT2D eigenvalue weighted by molar-refractivity contribution is 6.05. The minimum absolute atomic E-state index is 0.0106. The largest absolute Gasteiger partial charge is 0.468 e. The van der Waals surface area contributed by atoms with Gasteiger partial charge < -0.3 is 9.64 Å². The molecule has 1 aliphatic carbocycles. The van der Waals surface area contributed by atoms with E-state index in [0.29, 0.717) is 12.8 Å². The van der Waals surface area contributed by atoms with E-state index in [1.54, 1.807) is 0 Å². The zero-order valence-corrected chi connectivity index (χ0v) is 12.1. The molecule has 0 N–H and O–H groups in total. The SMILES string of the molecule is CCC[C@H]1CCCN(C(=O)C2(C(=O)OC)CC2)CC1. The molecular formula is C15H25NO3. The van der Waals surface area contributed by atoms with E-state index >= 15 is 0 Å². The van der Waals surface area contributed by atoms with Crippen LogP contribution in [0.15, 0.2) is 0 Å². The minimum Gasteiger partial charge on any atom is -0.468 e. The number of esters is 1. The smallest absolute Gasteiger partial charge is 0.321 e. The Morgan fingerprint density at radius 2 is 2.00 bits per heavy atom. The lowest BCUT2D eigenvalue weighted by Crippen LogP contribution is -2.41. The molecule has 4 nitrogen and oxygen atoms in total. The number of carbonyl (C=O) groups is 2. The van der Waals surface area contributed by atoms with Crippen LogP contribution in [0.4, 0.5) is 0 Å². The molecule has 0 aromatic heterocycles. The van der Waals surface area contributed by atoms with Gasteiger partial charge in [0.05, 0.1) is 7.11 Å². The fourth-order valence-electron chi connectivity index (χ4n) is 3.19. The summed E-state index contributed by atoms with van der Waals surface area (Å²) in [5.74, 6) is 0.416. The monoisotopic (exact) mass is 267 g/mol. The molecule has 2 rings (SSSR count). The summed E-state index contributed by atoms with van der Waals surface area (Å²) in [6, 6.07) is 0. The van der Waals surface area contributed by atoms with Gasteiger partial charge in [0.1, 0.15) is 5.41 Å². The Bertz CT molecular complexity index is 349. The van der Waals surface area contributed by atoms with E-state index in [2.05, 4.69) is 6.92 Å². The number of methoxy groups -OCH3 is 1. The molecule has 4 heteroatoms. The number of hydrogen-bond acceptors (Lipinski definition) is 3. The van der Waals surface area contributed by atoms with Crippen LogP contribution < -0.4 is 0 Å². The van der Waals surface area contributed by atoms with E-state index in [4.69, 9.17) is 4.74 Å². The van der Waals surface area contributed by atoms with Crippen molar-refractivity contribution in [3.8, 4) is 0 Å². The van der Waals surface area contributed by atoms with Gasteiger partial charge in [-0.05, 0) is 38.0 Å². The second-order valence-electron chi connectivity index (χ2n) is 5.95. The van der Waals surface area contributed by atoms with Gasteiger partial charge in [-0.1, -0.05) is 19.8 Å². The van der Waals surface area contributed by atoms with E-state index < -0.39 is 5.41 Å². The first-order valence-corrected chi connectivity index (χ1v) is 7.52. The van der Waals surface area contributed by atoms with Crippen LogP contribution in [0.25, 0.3) is 0 Å². The predicted molar refractivity (Wildman–Crippen MR) is 72.5 cm³/mol. The van der Waals surface area contributed by atoms with Crippen molar-refractivity contribution in [3.63, 3.8) is 0 Å². The molecule has 1 amide bonds. The maximum absolute atomic E-state index is 12.5. The molecule has 0 radical (unpaired) electrons. The molecule has 108 valence electrons. The fourth-order valence-corrected chi connectivity index (χ4v) is 3.19. The van der Waals surface area contributed by atoms with Crippen LogP contribution in [0.2, 0.25) is 0 Å². The summed E-state index contributed by atoms with van der Waals surface area (Å²) in [6.07, 6.45) is 7.14. The third kappa shape index (κ3) is 2.93. The van der Waals surface area contributed by atoms with E-state index in [0.717, 1.165) is 31.8 Å². The second-order valence-corrected chi connectivity index (χ2v) is 5.95.